The molecule has 0 saturated carbocycles. The number of hydrogen-bond donors (Lipinski definition) is 2. The number of hydrogen-bond acceptors (Lipinski definition) is 3. The van der Waals surface area contributed by atoms with Crippen LogP contribution in [0.3, 0.4) is 0 Å². The molecule has 1 aliphatic heterocycles. The number of nitrogens with zero attached hydrogens (tertiary/aromatic N) is 1. The molecule has 0 unspecified atom stereocenters. The maximum absolute atomic E-state index is 12.3. The molecule has 3 amide bonds. The first kappa shape index (κ1) is 18.0. The molecule has 0 spiro atoms. The first-order valence-electron chi connectivity index (χ1n) is 8.99. The predicted molar refractivity (Wildman–Crippen MR) is 115 cm³/mol. The van der Waals surface area contributed by atoms with Gasteiger partial charge in [-0.1, -0.05) is 36.4 Å². The summed E-state index contributed by atoms with van der Waals surface area (Å²) in [6.07, 6.45) is 3.33. The van der Waals surface area contributed by atoms with Crippen LogP contribution in [0, 0.1) is 0 Å². The van der Waals surface area contributed by atoms with E-state index >= 15 is 0 Å². The highest BCUT2D eigenvalue weighted by molar-refractivity contribution is 7.16. The fraction of sp³-hybridized carbons (Fsp3) is 0.0909. The number of carbonyl (C=O) groups excluding carboxylic acids is 2. The van der Waals surface area contributed by atoms with Crippen molar-refractivity contribution in [3.05, 3.63) is 77.7 Å². The molecule has 2 N–H and O–H groups in total. The Bertz CT molecular complexity index is 1030. The third kappa shape index (κ3) is 4.13. The number of rotatable bonds is 5. The van der Waals surface area contributed by atoms with Gasteiger partial charge in [0.15, 0.2) is 0 Å². The molecule has 6 heteroatoms. The first-order chi connectivity index (χ1) is 13.7. The predicted octanol–water partition coefficient (Wildman–Crippen LogP) is 4.60. The molecule has 140 valence electrons. The van der Waals surface area contributed by atoms with Gasteiger partial charge in [0.05, 0.1) is 0 Å². The second-order valence-corrected chi connectivity index (χ2v) is 7.44. The number of thiophene rings is 1. The molecule has 0 atom stereocenters. The average molecular weight is 389 g/mol. The summed E-state index contributed by atoms with van der Waals surface area (Å²) < 4.78 is 0. The maximum atomic E-state index is 12.3. The van der Waals surface area contributed by atoms with Gasteiger partial charge in [0.1, 0.15) is 0 Å². The minimum Gasteiger partial charge on any atom is -0.336 e. The van der Waals surface area contributed by atoms with Gasteiger partial charge in [0.25, 0.3) is 0 Å². The molecule has 28 heavy (non-hydrogen) atoms. The van der Waals surface area contributed by atoms with Crippen molar-refractivity contribution in [1.82, 2.24) is 5.32 Å². The van der Waals surface area contributed by atoms with Crippen molar-refractivity contribution in [2.24, 2.45) is 0 Å². The van der Waals surface area contributed by atoms with Gasteiger partial charge < -0.3 is 10.6 Å². The Morgan fingerprint density at radius 3 is 2.71 bits per heavy atom. The van der Waals surface area contributed by atoms with E-state index in [1.54, 1.807) is 22.3 Å². The van der Waals surface area contributed by atoms with E-state index in [1.807, 2.05) is 48.5 Å². The van der Waals surface area contributed by atoms with E-state index in [0.29, 0.717) is 18.8 Å². The van der Waals surface area contributed by atoms with E-state index in [1.165, 1.54) is 11.6 Å². The summed E-state index contributed by atoms with van der Waals surface area (Å²) in [4.78, 5) is 27.9. The maximum Gasteiger partial charge on any atom is 0.321 e. The van der Waals surface area contributed by atoms with E-state index in [4.69, 9.17) is 0 Å². The second-order valence-electron chi connectivity index (χ2n) is 6.32. The average Bonchev–Trinajstić information content (AvgIpc) is 3.36. The van der Waals surface area contributed by atoms with E-state index in [2.05, 4.69) is 28.8 Å². The Kier molecular flexibility index (Phi) is 5.21. The smallest absolute Gasteiger partial charge is 0.321 e. The number of benzene rings is 2. The Balaban J connectivity index is 1.41. The summed E-state index contributed by atoms with van der Waals surface area (Å²) in [6.45, 7) is 1.25. The summed E-state index contributed by atoms with van der Waals surface area (Å²) in [5.74, 6) is -0.210. The Hall–Kier alpha value is -3.38. The second kappa shape index (κ2) is 8.10. The Morgan fingerprint density at radius 1 is 1.07 bits per heavy atom. The van der Waals surface area contributed by atoms with Gasteiger partial charge in [-0.25, -0.2) is 4.79 Å². The number of nitrogens with one attached hydrogen (secondary N) is 2. The lowest BCUT2D eigenvalue weighted by atomic mass is 10.2. The van der Waals surface area contributed by atoms with E-state index in [-0.39, 0.29) is 11.9 Å². The first-order valence-corrected chi connectivity index (χ1v) is 9.80. The number of urea groups is 1. The molecule has 5 nitrogen and oxygen atoms in total. The summed E-state index contributed by atoms with van der Waals surface area (Å²) >= 11 is 1.64. The molecule has 0 aliphatic carbocycles. The van der Waals surface area contributed by atoms with Crippen molar-refractivity contribution < 1.29 is 9.59 Å². The van der Waals surface area contributed by atoms with Gasteiger partial charge in [-0.05, 0) is 42.0 Å². The van der Waals surface area contributed by atoms with Crippen LogP contribution in [0.5, 0.6) is 0 Å². The van der Waals surface area contributed by atoms with Crippen LogP contribution in [0.2, 0.25) is 0 Å². The largest absolute Gasteiger partial charge is 0.336 e. The molecule has 4 rings (SSSR count). The lowest BCUT2D eigenvalue weighted by Crippen LogP contribution is -2.27. The van der Waals surface area contributed by atoms with Crippen LogP contribution in [0.25, 0.3) is 16.5 Å². The molecule has 2 aromatic carbocycles. The van der Waals surface area contributed by atoms with Crippen molar-refractivity contribution in [3.8, 4) is 10.4 Å². The molecule has 0 bridgehead atoms. The SMILES string of the molecule is O=C(C=Cc1ccc(-c2ccccc2)s1)Nc1cccc(N2CCNC2=O)c1. The van der Waals surface area contributed by atoms with Crippen LogP contribution in [0.4, 0.5) is 16.2 Å². The van der Waals surface area contributed by atoms with Gasteiger partial charge in [-0.3, -0.25) is 9.69 Å². The van der Waals surface area contributed by atoms with Crippen LogP contribution in [-0.4, -0.2) is 25.0 Å². The molecular formula is C22H19N3O2S. The minimum atomic E-state index is -0.210. The van der Waals surface area contributed by atoms with Crippen LogP contribution in [-0.2, 0) is 4.79 Å². The number of carbonyl (C=O) groups is 2. The van der Waals surface area contributed by atoms with Gasteiger partial charge in [-0.2, -0.15) is 0 Å². The topological polar surface area (TPSA) is 61.4 Å². The van der Waals surface area contributed by atoms with Crippen LogP contribution in [0.15, 0.2) is 72.8 Å². The van der Waals surface area contributed by atoms with Crippen LogP contribution >= 0.6 is 11.3 Å². The summed E-state index contributed by atoms with van der Waals surface area (Å²) in [6, 6.07) is 21.4. The van der Waals surface area contributed by atoms with E-state index in [9.17, 15) is 9.59 Å². The van der Waals surface area contributed by atoms with Crippen molar-refractivity contribution in [1.29, 1.82) is 0 Å². The molecule has 1 aromatic heterocycles. The van der Waals surface area contributed by atoms with Crippen LogP contribution in [0.1, 0.15) is 4.88 Å². The highest BCUT2D eigenvalue weighted by Gasteiger charge is 2.21. The Morgan fingerprint density at radius 2 is 1.93 bits per heavy atom. The van der Waals surface area contributed by atoms with E-state index in [0.717, 1.165) is 15.4 Å². The van der Waals surface area contributed by atoms with Crippen molar-refractivity contribution in [2.75, 3.05) is 23.3 Å². The standard InChI is InChI=1S/C22H19N3O2S/c26-21(12-10-19-9-11-20(28-19)16-5-2-1-3-6-16)24-17-7-4-8-18(15-17)25-14-13-23-22(25)27/h1-12,15H,13-14H2,(H,23,27)(H,24,26). The monoisotopic (exact) mass is 389 g/mol. The fourth-order valence-corrected chi connectivity index (χ4v) is 3.93. The van der Waals surface area contributed by atoms with Gasteiger partial charge in [0.2, 0.25) is 5.91 Å². The minimum absolute atomic E-state index is 0.115. The van der Waals surface area contributed by atoms with Gasteiger partial charge in [0, 0.05) is 40.3 Å². The van der Waals surface area contributed by atoms with Gasteiger partial charge in [-0.15, -0.1) is 11.3 Å². The number of amides is 3. The molecule has 0 radical (unpaired) electrons. The lowest BCUT2D eigenvalue weighted by molar-refractivity contribution is -0.111. The third-order valence-corrected chi connectivity index (χ3v) is 5.47. The number of anilines is 2. The van der Waals surface area contributed by atoms with Crippen molar-refractivity contribution in [2.45, 2.75) is 0 Å². The normalized spacial score (nSPS) is 13.7. The zero-order valence-corrected chi connectivity index (χ0v) is 15.9. The summed E-state index contributed by atoms with van der Waals surface area (Å²) in [7, 11) is 0. The molecule has 1 aliphatic rings. The quantitative estimate of drug-likeness (QED) is 0.627. The molecule has 3 aromatic rings. The zero-order chi connectivity index (χ0) is 19.3. The fourth-order valence-electron chi connectivity index (χ4n) is 3.01. The third-order valence-electron chi connectivity index (χ3n) is 4.37. The van der Waals surface area contributed by atoms with E-state index < -0.39 is 0 Å². The summed E-state index contributed by atoms with van der Waals surface area (Å²) in [5, 5.41) is 5.62. The molecule has 1 saturated heterocycles. The zero-order valence-electron chi connectivity index (χ0n) is 15.1. The van der Waals surface area contributed by atoms with Crippen molar-refractivity contribution in [3.63, 3.8) is 0 Å². The molecule has 1 fully saturated rings. The van der Waals surface area contributed by atoms with Gasteiger partial charge >= 0.3 is 6.03 Å². The molecular weight excluding hydrogens is 370 g/mol. The summed E-state index contributed by atoms with van der Waals surface area (Å²) in [5.41, 5.74) is 2.59. The highest BCUT2D eigenvalue weighted by Crippen LogP contribution is 2.28. The highest BCUT2D eigenvalue weighted by atomic mass is 32.1. The molecule has 2 heterocycles. The Labute approximate surface area is 167 Å². The van der Waals surface area contributed by atoms with Crippen molar-refractivity contribution >= 4 is 40.7 Å². The lowest BCUT2D eigenvalue weighted by Gasteiger charge is -2.15. The van der Waals surface area contributed by atoms with Crippen LogP contribution < -0.4 is 15.5 Å².